The molecule has 1 aromatic carbocycles. The fourth-order valence-corrected chi connectivity index (χ4v) is 3.42. The zero-order chi connectivity index (χ0) is 18.5. The summed E-state index contributed by atoms with van der Waals surface area (Å²) in [5.41, 5.74) is 2.90. The Bertz CT molecular complexity index is 1030. The summed E-state index contributed by atoms with van der Waals surface area (Å²) in [6.07, 6.45) is 9.80. The van der Waals surface area contributed by atoms with Gasteiger partial charge in [0.15, 0.2) is 17.2 Å². The maximum Gasteiger partial charge on any atom is 0.737 e. The Kier molecular flexibility index (Phi) is 3.61. The third-order valence-corrected chi connectivity index (χ3v) is 4.70. The van der Waals surface area contributed by atoms with Gasteiger partial charge in [-0.15, -0.1) is 0 Å². The number of rotatable bonds is 3. The first-order valence-corrected chi connectivity index (χ1v) is 8.23. The monoisotopic (exact) mass is 354 g/mol. The predicted molar refractivity (Wildman–Crippen MR) is 99.6 cm³/mol. The van der Waals surface area contributed by atoms with E-state index < -0.39 is 6.97 Å². The van der Waals surface area contributed by atoms with Gasteiger partial charge in [0.25, 0.3) is 0 Å². The number of aromatic nitrogens is 1. The minimum Gasteiger partial charge on any atom is -0.504 e. The molecule has 132 valence electrons. The van der Waals surface area contributed by atoms with Crippen molar-refractivity contribution >= 4 is 31.4 Å². The molecule has 4 nitrogen and oxygen atoms in total. The normalized spacial score (nSPS) is 17.1. The molecule has 1 N–H and O–H groups in total. The van der Waals surface area contributed by atoms with Gasteiger partial charge in [0.05, 0.1) is 7.11 Å². The van der Waals surface area contributed by atoms with Crippen LogP contribution in [0.1, 0.15) is 22.5 Å². The molecule has 7 heteroatoms. The van der Waals surface area contributed by atoms with Gasteiger partial charge in [0.2, 0.25) is 0 Å². The van der Waals surface area contributed by atoms with Crippen LogP contribution in [0.25, 0.3) is 18.2 Å². The van der Waals surface area contributed by atoms with Gasteiger partial charge in [0.1, 0.15) is 6.21 Å². The summed E-state index contributed by atoms with van der Waals surface area (Å²) in [4.78, 5) is 0. The fourth-order valence-electron chi connectivity index (χ4n) is 3.42. The van der Waals surface area contributed by atoms with Crippen molar-refractivity contribution < 1.29 is 23.0 Å². The van der Waals surface area contributed by atoms with Crippen LogP contribution in [0.4, 0.5) is 8.63 Å². The summed E-state index contributed by atoms with van der Waals surface area (Å²) in [6, 6.07) is 6.66. The molecule has 2 aliphatic rings. The molecule has 0 saturated carbocycles. The number of methoxy groups -OCH3 is 1. The second kappa shape index (κ2) is 5.73. The minimum absolute atomic E-state index is 0.00267. The Balaban J connectivity index is 1.77. The lowest BCUT2D eigenvalue weighted by molar-refractivity contribution is -0.355. The maximum atomic E-state index is 15.1. The van der Waals surface area contributed by atoms with Crippen molar-refractivity contribution in [2.24, 2.45) is 0 Å². The standard InChI is InChI=1S/C19H17BF2N2O2/c1-13-10-16(7-5-14-6-8-19(26-2)18(25)11-14)24-17(13)12-15-4-3-9-23(15)20(24,21)22/h3-12,25H,1-2H3/b7-5+. The van der Waals surface area contributed by atoms with Gasteiger partial charge in [-0.05, 0) is 42.3 Å². The van der Waals surface area contributed by atoms with E-state index >= 15 is 8.63 Å². The highest BCUT2D eigenvalue weighted by Gasteiger charge is 2.50. The molecule has 2 aromatic rings. The summed E-state index contributed by atoms with van der Waals surface area (Å²) >= 11 is 0. The second-order valence-electron chi connectivity index (χ2n) is 6.35. The van der Waals surface area contributed by atoms with Gasteiger partial charge in [-0.1, -0.05) is 12.1 Å². The van der Waals surface area contributed by atoms with Crippen LogP contribution < -0.4 is 4.74 Å². The lowest BCUT2D eigenvalue weighted by atomic mass is 9.91. The highest BCUT2D eigenvalue weighted by molar-refractivity contribution is 6.58. The molecule has 26 heavy (non-hydrogen) atoms. The molecule has 2 aliphatic heterocycles. The molecule has 0 atom stereocenters. The SMILES string of the molecule is COc1ccc(/C=C/c2cc(C)c3n2[B-](F)(F)[N+]2=CC=CC2=C3)cc1O. The van der Waals surface area contributed by atoms with Crippen molar-refractivity contribution in [1.29, 1.82) is 0 Å². The third kappa shape index (κ3) is 2.39. The van der Waals surface area contributed by atoms with Gasteiger partial charge in [0, 0.05) is 29.6 Å². The summed E-state index contributed by atoms with van der Waals surface area (Å²) in [5.74, 6) is 0.366. The summed E-state index contributed by atoms with van der Waals surface area (Å²) in [7, 11) is 1.47. The number of hydrogen-bond acceptors (Lipinski definition) is 2. The molecule has 3 heterocycles. The van der Waals surface area contributed by atoms with E-state index in [1.165, 1.54) is 19.4 Å². The first-order chi connectivity index (χ1) is 12.4. The number of benzene rings is 1. The van der Waals surface area contributed by atoms with Crippen LogP contribution in [0, 0.1) is 6.92 Å². The molecule has 4 rings (SSSR count). The molecular weight excluding hydrogens is 337 g/mol. The molecule has 0 unspecified atom stereocenters. The predicted octanol–water partition coefficient (Wildman–Crippen LogP) is 3.91. The van der Waals surface area contributed by atoms with Gasteiger partial charge in [-0.2, -0.15) is 0 Å². The second-order valence-corrected chi connectivity index (χ2v) is 6.35. The molecular formula is C19H17BF2N2O2. The van der Waals surface area contributed by atoms with Crippen LogP contribution in [0.5, 0.6) is 11.5 Å². The average Bonchev–Trinajstić information content (AvgIpc) is 3.19. The van der Waals surface area contributed by atoms with Crippen molar-refractivity contribution in [2.75, 3.05) is 7.11 Å². The Morgan fingerprint density at radius 1 is 1.23 bits per heavy atom. The molecule has 0 fully saturated rings. The van der Waals surface area contributed by atoms with Crippen LogP contribution >= 0.6 is 0 Å². The van der Waals surface area contributed by atoms with E-state index in [0.717, 1.165) is 14.5 Å². The van der Waals surface area contributed by atoms with Crippen molar-refractivity contribution in [2.45, 2.75) is 6.92 Å². The van der Waals surface area contributed by atoms with E-state index in [1.807, 2.05) is 6.92 Å². The van der Waals surface area contributed by atoms with Gasteiger partial charge in [-0.25, -0.2) is 0 Å². The molecule has 0 spiro atoms. The zero-order valence-corrected chi connectivity index (χ0v) is 14.4. The first-order valence-electron chi connectivity index (χ1n) is 8.23. The number of hydrogen-bond donors (Lipinski definition) is 1. The van der Waals surface area contributed by atoms with E-state index in [4.69, 9.17) is 4.74 Å². The van der Waals surface area contributed by atoms with Gasteiger partial charge < -0.3 is 27.4 Å². The Labute approximate surface area is 149 Å². The third-order valence-electron chi connectivity index (χ3n) is 4.70. The van der Waals surface area contributed by atoms with Crippen LogP contribution in [0.3, 0.4) is 0 Å². The summed E-state index contributed by atoms with van der Waals surface area (Å²) < 4.78 is 37.2. The lowest BCUT2D eigenvalue weighted by Crippen LogP contribution is -2.49. The molecule has 1 aromatic heterocycles. The number of fused-ring (bicyclic) bond motifs is 2. The number of allylic oxidation sites excluding steroid dienone is 2. The van der Waals surface area contributed by atoms with Crippen molar-refractivity contribution in [3.8, 4) is 11.5 Å². The highest BCUT2D eigenvalue weighted by atomic mass is 19.2. The smallest absolute Gasteiger partial charge is 0.504 e. The number of aromatic hydroxyl groups is 1. The molecule has 0 aliphatic carbocycles. The number of aryl methyl sites for hydroxylation is 1. The molecule has 0 radical (unpaired) electrons. The van der Waals surface area contributed by atoms with Crippen LogP contribution in [0.2, 0.25) is 0 Å². The van der Waals surface area contributed by atoms with Crippen molar-refractivity contribution in [3.63, 3.8) is 0 Å². The van der Waals surface area contributed by atoms with E-state index in [1.54, 1.807) is 48.6 Å². The number of nitrogens with zero attached hydrogens (tertiary/aromatic N) is 2. The minimum atomic E-state index is -3.96. The van der Waals surface area contributed by atoms with E-state index in [0.29, 0.717) is 28.4 Å². The zero-order valence-electron chi connectivity index (χ0n) is 14.4. The topological polar surface area (TPSA) is 37.4 Å². The van der Waals surface area contributed by atoms with Gasteiger partial charge in [-0.3, -0.25) is 0 Å². The van der Waals surface area contributed by atoms with Crippen LogP contribution in [0.15, 0.2) is 42.1 Å². The van der Waals surface area contributed by atoms with E-state index in [-0.39, 0.29) is 5.75 Å². The van der Waals surface area contributed by atoms with Crippen LogP contribution in [-0.4, -0.2) is 34.4 Å². The summed E-state index contributed by atoms with van der Waals surface area (Å²) in [6.45, 7) is -2.13. The number of phenols is 1. The average molecular weight is 354 g/mol. The van der Waals surface area contributed by atoms with E-state index in [9.17, 15) is 5.11 Å². The maximum absolute atomic E-state index is 15.1. The summed E-state index contributed by atoms with van der Waals surface area (Å²) in [5, 5.41) is 9.86. The Hall–Kier alpha value is -3.09. The quantitative estimate of drug-likeness (QED) is 0.849. The first kappa shape index (κ1) is 16.4. The van der Waals surface area contributed by atoms with Crippen molar-refractivity contribution in [1.82, 2.24) is 4.48 Å². The van der Waals surface area contributed by atoms with Gasteiger partial charge >= 0.3 is 6.97 Å². The Morgan fingerprint density at radius 3 is 2.77 bits per heavy atom. The Morgan fingerprint density at radius 2 is 2.04 bits per heavy atom. The fraction of sp³-hybridized carbons (Fsp3) is 0.105. The number of phenolic OH excluding ortho intramolecular Hbond substituents is 1. The van der Waals surface area contributed by atoms with Crippen molar-refractivity contribution in [3.05, 3.63) is 64.6 Å². The molecule has 0 amide bonds. The number of ether oxygens (including phenoxy) is 1. The number of halogens is 2. The van der Waals surface area contributed by atoms with Crippen LogP contribution in [-0.2, 0) is 0 Å². The molecule has 0 saturated heterocycles. The highest BCUT2D eigenvalue weighted by Crippen LogP contribution is 2.34. The largest absolute Gasteiger partial charge is 0.737 e. The molecule has 0 bridgehead atoms. The van der Waals surface area contributed by atoms with E-state index in [2.05, 4.69) is 0 Å². The lowest BCUT2D eigenvalue weighted by Gasteiger charge is -2.29.